The van der Waals surface area contributed by atoms with E-state index >= 15 is 0 Å². The van der Waals surface area contributed by atoms with Crippen LogP contribution in [0.1, 0.15) is 51.0 Å². The van der Waals surface area contributed by atoms with Crippen molar-refractivity contribution in [3.63, 3.8) is 0 Å². The lowest BCUT2D eigenvalue weighted by atomic mass is 9.74. The Bertz CT molecular complexity index is 452. The Morgan fingerprint density at radius 1 is 1.00 bits per heavy atom. The number of nitrogens with one attached hydrogen (secondary N) is 1. The van der Waals surface area contributed by atoms with Gasteiger partial charge in [-0.15, -0.1) is 0 Å². The van der Waals surface area contributed by atoms with Gasteiger partial charge in [0, 0.05) is 29.9 Å². The van der Waals surface area contributed by atoms with Gasteiger partial charge in [-0.3, -0.25) is 0 Å². The standard InChI is InChI=1S/C17H24N2/c1-11(2)16-5-3-4-6-17(16)19-14-7-12-8-15(19)10-13(9-14)18-12/h3-6,11-15,18H,7-10H2,1-2H3. The van der Waals surface area contributed by atoms with Crippen molar-refractivity contribution in [2.75, 3.05) is 4.90 Å². The van der Waals surface area contributed by atoms with Crippen LogP contribution in [0.3, 0.4) is 0 Å². The highest BCUT2D eigenvalue weighted by molar-refractivity contribution is 5.58. The molecule has 0 unspecified atom stereocenters. The zero-order chi connectivity index (χ0) is 13.0. The first-order chi connectivity index (χ1) is 9.22. The van der Waals surface area contributed by atoms with Crippen LogP contribution < -0.4 is 10.2 Å². The molecule has 4 saturated heterocycles. The van der Waals surface area contributed by atoms with Crippen LogP contribution in [0, 0.1) is 0 Å². The molecule has 0 aromatic heterocycles. The number of para-hydroxylation sites is 1. The molecule has 4 bridgehead atoms. The summed E-state index contributed by atoms with van der Waals surface area (Å²) in [6, 6.07) is 12.2. The van der Waals surface area contributed by atoms with E-state index < -0.39 is 0 Å². The van der Waals surface area contributed by atoms with Crippen LogP contribution in [0.5, 0.6) is 0 Å². The van der Waals surface area contributed by atoms with E-state index in [4.69, 9.17) is 0 Å². The number of hydrogen-bond acceptors (Lipinski definition) is 2. The van der Waals surface area contributed by atoms with Gasteiger partial charge >= 0.3 is 0 Å². The van der Waals surface area contributed by atoms with E-state index in [-0.39, 0.29) is 0 Å². The molecule has 19 heavy (non-hydrogen) atoms. The number of piperidine rings is 4. The number of anilines is 1. The summed E-state index contributed by atoms with van der Waals surface area (Å²) in [5, 5.41) is 3.80. The van der Waals surface area contributed by atoms with Crippen molar-refractivity contribution in [3.8, 4) is 0 Å². The first kappa shape index (κ1) is 11.8. The van der Waals surface area contributed by atoms with E-state index in [1.807, 2.05) is 0 Å². The first-order valence-corrected chi connectivity index (χ1v) is 7.85. The van der Waals surface area contributed by atoms with Gasteiger partial charge in [-0.2, -0.15) is 0 Å². The van der Waals surface area contributed by atoms with E-state index in [9.17, 15) is 0 Å². The molecular formula is C17H24N2. The third-order valence-electron chi connectivity index (χ3n) is 5.32. The average Bonchev–Trinajstić information content (AvgIpc) is 2.37. The van der Waals surface area contributed by atoms with Crippen molar-refractivity contribution in [1.29, 1.82) is 0 Å². The van der Waals surface area contributed by atoms with Gasteiger partial charge in [0.25, 0.3) is 0 Å². The molecule has 0 atom stereocenters. The number of nitrogens with zero attached hydrogens (tertiary/aromatic N) is 1. The molecule has 0 amide bonds. The highest BCUT2D eigenvalue weighted by Crippen LogP contribution is 2.43. The Labute approximate surface area is 116 Å². The first-order valence-electron chi connectivity index (χ1n) is 7.85. The van der Waals surface area contributed by atoms with Gasteiger partial charge in [0.2, 0.25) is 0 Å². The molecule has 4 heterocycles. The van der Waals surface area contributed by atoms with Gasteiger partial charge < -0.3 is 10.2 Å². The SMILES string of the molecule is CC(C)c1ccccc1N1C2CC3CC1CC(C2)N3. The second-order valence-corrected chi connectivity index (χ2v) is 6.93. The van der Waals surface area contributed by atoms with Crippen molar-refractivity contribution in [2.45, 2.75) is 69.6 Å². The molecule has 2 heteroatoms. The third-order valence-corrected chi connectivity index (χ3v) is 5.32. The second-order valence-electron chi connectivity index (χ2n) is 6.93. The van der Waals surface area contributed by atoms with E-state index in [2.05, 4.69) is 48.3 Å². The van der Waals surface area contributed by atoms with E-state index in [1.165, 1.54) is 36.9 Å². The summed E-state index contributed by atoms with van der Waals surface area (Å²) in [4.78, 5) is 2.78. The minimum atomic E-state index is 0.617. The molecular weight excluding hydrogens is 232 g/mol. The summed E-state index contributed by atoms with van der Waals surface area (Å²) in [5.74, 6) is 0.617. The van der Waals surface area contributed by atoms with Gasteiger partial charge in [-0.05, 0) is 43.2 Å². The van der Waals surface area contributed by atoms with Gasteiger partial charge in [-0.25, -0.2) is 0 Å². The zero-order valence-electron chi connectivity index (χ0n) is 12.0. The van der Waals surface area contributed by atoms with Crippen LogP contribution in [0.25, 0.3) is 0 Å². The molecule has 0 aliphatic carbocycles. The quantitative estimate of drug-likeness (QED) is 0.873. The van der Waals surface area contributed by atoms with Gasteiger partial charge in [0.05, 0.1) is 0 Å². The molecule has 0 radical (unpaired) electrons. The molecule has 0 spiro atoms. The Hall–Kier alpha value is -1.02. The summed E-state index contributed by atoms with van der Waals surface area (Å²) in [7, 11) is 0. The fraction of sp³-hybridized carbons (Fsp3) is 0.647. The second kappa shape index (κ2) is 4.24. The van der Waals surface area contributed by atoms with Crippen molar-refractivity contribution >= 4 is 5.69 Å². The van der Waals surface area contributed by atoms with E-state index in [0.717, 1.165) is 24.2 Å². The largest absolute Gasteiger partial charge is 0.365 e. The number of hydrogen-bond donors (Lipinski definition) is 1. The molecule has 1 N–H and O–H groups in total. The van der Waals surface area contributed by atoms with Gasteiger partial charge in [0.1, 0.15) is 0 Å². The maximum Gasteiger partial charge on any atom is 0.0406 e. The van der Waals surface area contributed by atoms with E-state index in [1.54, 1.807) is 0 Å². The summed E-state index contributed by atoms with van der Waals surface area (Å²) < 4.78 is 0. The van der Waals surface area contributed by atoms with Crippen LogP contribution in [0.2, 0.25) is 0 Å². The van der Waals surface area contributed by atoms with E-state index in [0.29, 0.717) is 5.92 Å². The maximum absolute atomic E-state index is 3.80. The lowest BCUT2D eigenvalue weighted by Gasteiger charge is -2.58. The predicted molar refractivity (Wildman–Crippen MR) is 79.8 cm³/mol. The minimum absolute atomic E-state index is 0.617. The van der Waals surface area contributed by atoms with Crippen molar-refractivity contribution in [3.05, 3.63) is 29.8 Å². The van der Waals surface area contributed by atoms with Crippen LogP contribution in [-0.2, 0) is 0 Å². The Kier molecular flexibility index (Phi) is 2.63. The summed E-state index contributed by atoms with van der Waals surface area (Å²) in [6.45, 7) is 4.63. The minimum Gasteiger partial charge on any atom is -0.365 e. The highest BCUT2D eigenvalue weighted by Gasteiger charge is 2.47. The summed E-state index contributed by atoms with van der Waals surface area (Å²) >= 11 is 0. The topological polar surface area (TPSA) is 15.3 Å². The molecule has 4 aliphatic rings. The fourth-order valence-corrected chi connectivity index (χ4v) is 4.66. The third kappa shape index (κ3) is 1.80. The average molecular weight is 256 g/mol. The predicted octanol–water partition coefficient (Wildman–Crippen LogP) is 3.28. The van der Waals surface area contributed by atoms with Gasteiger partial charge in [-0.1, -0.05) is 32.0 Å². The van der Waals surface area contributed by atoms with Gasteiger partial charge in [0.15, 0.2) is 0 Å². The Morgan fingerprint density at radius 3 is 2.16 bits per heavy atom. The smallest absolute Gasteiger partial charge is 0.0406 e. The normalized spacial score (nSPS) is 36.3. The van der Waals surface area contributed by atoms with Crippen LogP contribution in [0.4, 0.5) is 5.69 Å². The maximum atomic E-state index is 3.80. The number of benzene rings is 1. The van der Waals surface area contributed by atoms with Crippen molar-refractivity contribution in [2.24, 2.45) is 0 Å². The molecule has 4 aliphatic heterocycles. The fourth-order valence-electron chi connectivity index (χ4n) is 4.66. The van der Waals surface area contributed by atoms with Crippen LogP contribution in [0.15, 0.2) is 24.3 Å². The lowest BCUT2D eigenvalue weighted by Crippen LogP contribution is -2.67. The van der Waals surface area contributed by atoms with Crippen molar-refractivity contribution < 1.29 is 0 Å². The Morgan fingerprint density at radius 2 is 1.58 bits per heavy atom. The molecule has 0 saturated carbocycles. The molecule has 2 nitrogen and oxygen atoms in total. The summed E-state index contributed by atoms with van der Waals surface area (Å²) in [6.07, 6.45) is 5.39. The molecule has 1 aromatic rings. The molecule has 5 rings (SSSR count). The monoisotopic (exact) mass is 256 g/mol. The molecule has 1 aromatic carbocycles. The number of rotatable bonds is 2. The highest BCUT2D eigenvalue weighted by atomic mass is 15.3. The molecule has 102 valence electrons. The van der Waals surface area contributed by atoms with Crippen LogP contribution >= 0.6 is 0 Å². The zero-order valence-corrected chi connectivity index (χ0v) is 12.0. The summed E-state index contributed by atoms with van der Waals surface area (Å²) in [5.41, 5.74) is 3.05. The Balaban J connectivity index is 1.73. The molecule has 4 fully saturated rings. The van der Waals surface area contributed by atoms with Crippen LogP contribution in [-0.4, -0.2) is 24.2 Å². The van der Waals surface area contributed by atoms with Crippen molar-refractivity contribution in [1.82, 2.24) is 5.32 Å². The lowest BCUT2D eigenvalue weighted by molar-refractivity contribution is 0.134.